The van der Waals surface area contributed by atoms with E-state index in [1.807, 2.05) is 6.07 Å². The average molecular weight is 627 g/mol. The number of piperidine rings is 1. The highest BCUT2D eigenvalue weighted by Gasteiger charge is 2.32. The van der Waals surface area contributed by atoms with Crippen LogP contribution in [-0.2, 0) is 17.1 Å². The molecule has 3 aromatic carbocycles. The van der Waals surface area contributed by atoms with Crippen LogP contribution in [0.15, 0.2) is 76.4 Å². The van der Waals surface area contributed by atoms with Crippen molar-refractivity contribution in [2.75, 3.05) is 31.6 Å². The molecule has 0 unspecified atom stereocenters. The highest BCUT2D eigenvalue weighted by atomic mass is 35.5. The Labute approximate surface area is 254 Å². The fraction of sp³-hybridized carbons (Fsp3) is 0.290. The van der Waals surface area contributed by atoms with E-state index >= 15 is 0 Å². The van der Waals surface area contributed by atoms with Gasteiger partial charge >= 0.3 is 0 Å². The fourth-order valence-corrected chi connectivity index (χ4v) is 7.06. The predicted octanol–water partition coefficient (Wildman–Crippen LogP) is 5.13. The van der Waals surface area contributed by atoms with E-state index in [-0.39, 0.29) is 32.8 Å². The van der Waals surface area contributed by atoms with Gasteiger partial charge in [-0.05, 0) is 67.6 Å². The van der Waals surface area contributed by atoms with Crippen molar-refractivity contribution in [2.24, 2.45) is 7.05 Å². The zero-order valence-electron chi connectivity index (χ0n) is 24.3. The minimum absolute atomic E-state index is 0.0129. The zero-order chi connectivity index (χ0) is 31.1. The number of hydrogen-bond acceptors (Lipinski definition) is 5. The van der Waals surface area contributed by atoms with Gasteiger partial charge < -0.3 is 9.64 Å². The Morgan fingerprint density at radius 3 is 2.37 bits per heavy atom. The van der Waals surface area contributed by atoms with E-state index in [9.17, 15) is 22.4 Å². The van der Waals surface area contributed by atoms with Gasteiger partial charge in [-0.25, -0.2) is 17.5 Å². The van der Waals surface area contributed by atoms with Gasteiger partial charge in [0.1, 0.15) is 5.69 Å². The molecule has 1 aliphatic rings. The lowest BCUT2D eigenvalue weighted by molar-refractivity contribution is 0.0712. The Morgan fingerprint density at radius 1 is 1.05 bits per heavy atom. The number of nitrogens with zero attached hydrogens (tertiary/aromatic N) is 4. The summed E-state index contributed by atoms with van der Waals surface area (Å²) in [6.45, 7) is 2.35. The smallest absolute Gasteiger partial charge is 0.296 e. The Kier molecular flexibility index (Phi) is 8.40. The molecule has 4 aromatic rings. The van der Waals surface area contributed by atoms with Crippen molar-refractivity contribution in [1.29, 1.82) is 0 Å². The number of carbonyl (C=O) groups is 1. The molecule has 226 valence electrons. The van der Waals surface area contributed by atoms with Gasteiger partial charge in [0, 0.05) is 27.2 Å². The van der Waals surface area contributed by atoms with Crippen molar-refractivity contribution in [1.82, 2.24) is 14.3 Å². The zero-order valence-corrected chi connectivity index (χ0v) is 25.8. The highest BCUT2D eigenvalue weighted by Crippen LogP contribution is 2.34. The molecular formula is C31H32ClFN4O5S. The molecule has 5 rings (SSSR count). The maximum Gasteiger partial charge on any atom is 0.296 e. The van der Waals surface area contributed by atoms with E-state index in [2.05, 4.69) is 0 Å². The SMILES string of the molecule is COc1cccc(C2CCN(C(=O)c3cc(S(=O)(=O)N(C)c4c(C)n(C)n(-c5ccccc5)c4=O)ccc3Cl)CC2)c1F. The number of halogens is 2. The van der Waals surface area contributed by atoms with Crippen LogP contribution in [0.5, 0.6) is 5.75 Å². The summed E-state index contributed by atoms with van der Waals surface area (Å²) in [7, 11) is 0.151. The van der Waals surface area contributed by atoms with E-state index in [4.69, 9.17) is 16.3 Å². The van der Waals surface area contributed by atoms with Crippen LogP contribution < -0.4 is 14.6 Å². The number of amides is 1. The largest absolute Gasteiger partial charge is 0.494 e. The predicted molar refractivity (Wildman–Crippen MR) is 164 cm³/mol. The van der Waals surface area contributed by atoms with Crippen LogP contribution >= 0.6 is 11.6 Å². The number of anilines is 1. The van der Waals surface area contributed by atoms with E-state index in [0.717, 1.165) is 4.31 Å². The topological polar surface area (TPSA) is 93.8 Å². The third kappa shape index (κ3) is 5.43. The summed E-state index contributed by atoms with van der Waals surface area (Å²) in [6.07, 6.45) is 1.05. The Hall–Kier alpha value is -4.09. The molecule has 43 heavy (non-hydrogen) atoms. The molecule has 9 nitrogen and oxygen atoms in total. The molecule has 1 aliphatic heterocycles. The lowest BCUT2D eigenvalue weighted by Gasteiger charge is -2.33. The molecule has 0 radical (unpaired) electrons. The van der Waals surface area contributed by atoms with Crippen molar-refractivity contribution in [3.05, 3.63) is 105 Å². The van der Waals surface area contributed by atoms with E-state index in [0.29, 0.717) is 42.9 Å². The second-order valence-corrected chi connectivity index (χ2v) is 12.8. The number of hydrogen-bond donors (Lipinski definition) is 0. The van der Waals surface area contributed by atoms with Gasteiger partial charge in [0.25, 0.3) is 21.5 Å². The van der Waals surface area contributed by atoms with Gasteiger partial charge in [-0.15, -0.1) is 0 Å². The molecule has 0 aliphatic carbocycles. The molecule has 0 atom stereocenters. The van der Waals surface area contributed by atoms with E-state index in [1.165, 1.54) is 37.0 Å². The summed E-state index contributed by atoms with van der Waals surface area (Å²) in [6, 6.07) is 17.9. The van der Waals surface area contributed by atoms with Gasteiger partial charge in [0.15, 0.2) is 11.6 Å². The summed E-state index contributed by atoms with van der Waals surface area (Å²) in [5.74, 6) is -0.736. The van der Waals surface area contributed by atoms with Crippen LogP contribution in [-0.4, -0.2) is 55.8 Å². The normalized spacial score (nSPS) is 14.1. The molecule has 1 aromatic heterocycles. The first-order valence-corrected chi connectivity index (χ1v) is 15.5. The third-order valence-corrected chi connectivity index (χ3v) is 10.2. The molecule has 1 fully saturated rings. The summed E-state index contributed by atoms with van der Waals surface area (Å²) >= 11 is 6.40. The maximum atomic E-state index is 14.8. The van der Waals surface area contributed by atoms with Crippen LogP contribution in [0.25, 0.3) is 5.69 Å². The molecular weight excluding hydrogens is 595 g/mol. The van der Waals surface area contributed by atoms with Gasteiger partial charge in [0.2, 0.25) is 0 Å². The fourth-order valence-electron chi connectivity index (χ4n) is 5.59. The van der Waals surface area contributed by atoms with Gasteiger partial charge in [-0.2, -0.15) is 0 Å². The number of rotatable bonds is 7. The number of benzene rings is 3. The lowest BCUT2D eigenvalue weighted by atomic mass is 9.88. The first-order valence-electron chi connectivity index (χ1n) is 13.7. The number of likely N-dealkylation sites (tertiary alicyclic amines) is 1. The number of sulfonamides is 1. The molecule has 0 saturated carbocycles. The Balaban J connectivity index is 1.40. The minimum atomic E-state index is -4.26. The van der Waals surface area contributed by atoms with Crippen LogP contribution in [0.3, 0.4) is 0 Å². The third-order valence-electron chi connectivity index (χ3n) is 8.10. The minimum Gasteiger partial charge on any atom is -0.494 e. The number of methoxy groups -OCH3 is 1. The van der Waals surface area contributed by atoms with E-state index in [1.54, 1.807) is 66.0 Å². The number of para-hydroxylation sites is 1. The first-order chi connectivity index (χ1) is 20.5. The summed E-state index contributed by atoms with van der Waals surface area (Å²) in [5.41, 5.74) is 1.10. The molecule has 1 saturated heterocycles. The Morgan fingerprint density at radius 2 is 1.72 bits per heavy atom. The Bertz CT molecular complexity index is 1850. The first kappa shape index (κ1) is 30.4. The van der Waals surface area contributed by atoms with Crippen LogP contribution in [0.4, 0.5) is 10.1 Å². The average Bonchev–Trinajstić information content (AvgIpc) is 3.24. The molecule has 0 bridgehead atoms. The second kappa shape index (κ2) is 11.9. The van der Waals surface area contributed by atoms with Crippen molar-refractivity contribution in [3.8, 4) is 11.4 Å². The molecule has 0 spiro atoms. The molecule has 2 heterocycles. The number of carbonyl (C=O) groups excluding carboxylic acids is 1. The van der Waals surface area contributed by atoms with Crippen molar-refractivity contribution in [2.45, 2.75) is 30.6 Å². The molecule has 0 N–H and O–H groups in total. The monoisotopic (exact) mass is 626 g/mol. The van der Waals surface area contributed by atoms with Crippen LogP contribution in [0.2, 0.25) is 5.02 Å². The summed E-state index contributed by atoms with van der Waals surface area (Å²) in [4.78, 5) is 28.4. The van der Waals surface area contributed by atoms with Gasteiger partial charge in [-0.3, -0.25) is 18.6 Å². The van der Waals surface area contributed by atoms with E-state index < -0.39 is 27.3 Å². The van der Waals surface area contributed by atoms with Crippen molar-refractivity contribution in [3.63, 3.8) is 0 Å². The van der Waals surface area contributed by atoms with Crippen LogP contribution in [0.1, 0.15) is 40.4 Å². The van der Waals surface area contributed by atoms with Crippen LogP contribution in [0, 0.1) is 12.7 Å². The van der Waals surface area contributed by atoms with Gasteiger partial charge in [-0.1, -0.05) is 41.9 Å². The number of aromatic nitrogens is 2. The number of ether oxygens (including phenoxy) is 1. The maximum absolute atomic E-state index is 14.8. The molecule has 1 amide bonds. The lowest BCUT2D eigenvalue weighted by Crippen LogP contribution is -2.38. The van der Waals surface area contributed by atoms with Gasteiger partial charge in [0.05, 0.1) is 34.0 Å². The van der Waals surface area contributed by atoms with Crippen molar-refractivity contribution >= 4 is 33.2 Å². The molecule has 12 heteroatoms. The highest BCUT2D eigenvalue weighted by molar-refractivity contribution is 7.92. The second-order valence-electron chi connectivity index (χ2n) is 10.5. The quantitative estimate of drug-likeness (QED) is 0.284. The standard InChI is InChI=1S/C31H32ClFN4O5S/c1-20-29(31(39)37(34(20)2)22-9-6-5-7-10-22)35(3)43(40,41)23-13-14-26(32)25(19-23)30(38)36-17-15-21(16-18-36)24-11-8-12-27(42-4)28(24)33/h5-14,19,21H,15-18H2,1-4H3. The summed E-state index contributed by atoms with van der Waals surface area (Å²) < 4.78 is 51.5. The summed E-state index contributed by atoms with van der Waals surface area (Å²) in [5, 5.41) is 0.106. The van der Waals surface area contributed by atoms with Crippen molar-refractivity contribution < 1.29 is 22.3 Å².